The molecule has 0 bridgehead atoms. The maximum absolute atomic E-state index is 10.6. The molecule has 0 spiro atoms. The second-order valence-electron chi connectivity index (χ2n) is 4.02. The molecule has 0 saturated carbocycles. The van der Waals surface area contributed by atoms with Gasteiger partial charge < -0.3 is 14.9 Å². The molecule has 0 amide bonds. The van der Waals surface area contributed by atoms with Crippen LogP contribution >= 0.6 is 0 Å². The number of ether oxygens (including phenoxy) is 1. The fourth-order valence-electron chi connectivity index (χ4n) is 1.76. The van der Waals surface area contributed by atoms with Crippen LogP contribution in [0.2, 0.25) is 0 Å². The number of rotatable bonds is 5. The fraction of sp³-hybridized carbons (Fsp3) is 0.462. The highest BCUT2D eigenvalue weighted by Gasteiger charge is 2.16. The third kappa shape index (κ3) is 3.46. The van der Waals surface area contributed by atoms with Crippen LogP contribution in [0.4, 0.5) is 0 Å². The third-order valence-electron chi connectivity index (χ3n) is 2.59. The molecule has 1 aromatic carbocycles. The van der Waals surface area contributed by atoms with Gasteiger partial charge in [0.25, 0.3) is 0 Å². The van der Waals surface area contributed by atoms with Crippen LogP contribution in [-0.2, 0) is 4.79 Å². The minimum atomic E-state index is -1.01. The van der Waals surface area contributed by atoms with E-state index in [4.69, 9.17) is 9.84 Å². The van der Waals surface area contributed by atoms with Crippen molar-refractivity contribution in [2.24, 2.45) is 0 Å². The molecule has 0 heterocycles. The van der Waals surface area contributed by atoms with E-state index in [0.717, 1.165) is 16.9 Å². The van der Waals surface area contributed by atoms with Crippen LogP contribution in [0.1, 0.15) is 36.1 Å². The van der Waals surface area contributed by atoms with Crippen LogP contribution < -0.4 is 4.74 Å². The zero-order valence-corrected chi connectivity index (χ0v) is 10.4. The van der Waals surface area contributed by atoms with E-state index in [9.17, 15) is 9.90 Å². The molecule has 2 N–H and O–H groups in total. The zero-order valence-electron chi connectivity index (χ0n) is 10.4. The van der Waals surface area contributed by atoms with Crippen molar-refractivity contribution in [1.82, 2.24) is 0 Å². The Morgan fingerprint density at radius 3 is 2.53 bits per heavy atom. The highest BCUT2D eigenvalue weighted by atomic mass is 16.5. The Morgan fingerprint density at radius 2 is 2.00 bits per heavy atom. The summed E-state index contributed by atoms with van der Waals surface area (Å²) < 4.78 is 5.44. The summed E-state index contributed by atoms with van der Waals surface area (Å²) in [7, 11) is 0. The second-order valence-corrected chi connectivity index (χ2v) is 4.02. The van der Waals surface area contributed by atoms with Gasteiger partial charge in [-0.2, -0.15) is 0 Å². The van der Waals surface area contributed by atoms with Gasteiger partial charge in [0.1, 0.15) is 5.75 Å². The van der Waals surface area contributed by atoms with Crippen molar-refractivity contribution < 1.29 is 19.7 Å². The molecule has 0 aliphatic carbocycles. The van der Waals surface area contributed by atoms with Gasteiger partial charge in [-0.1, -0.05) is 0 Å². The van der Waals surface area contributed by atoms with Gasteiger partial charge in [0.05, 0.1) is 19.1 Å². The van der Waals surface area contributed by atoms with Crippen molar-refractivity contribution in [3.63, 3.8) is 0 Å². The normalized spacial score (nSPS) is 12.2. The van der Waals surface area contributed by atoms with Crippen LogP contribution in [0, 0.1) is 13.8 Å². The molecule has 0 aromatic heterocycles. The van der Waals surface area contributed by atoms with Crippen molar-refractivity contribution in [2.75, 3.05) is 6.61 Å². The summed E-state index contributed by atoms with van der Waals surface area (Å²) in [4.78, 5) is 10.6. The molecule has 0 fully saturated rings. The summed E-state index contributed by atoms with van der Waals surface area (Å²) in [6.45, 7) is 6.20. The van der Waals surface area contributed by atoms with E-state index in [1.165, 1.54) is 0 Å². The number of aliphatic hydroxyl groups is 1. The maximum atomic E-state index is 10.6. The topological polar surface area (TPSA) is 66.8 Å². The van der Waals surface area contributed by atoms with E-state index >= 15 is 0 Å². The third-order valence-corrected chi connectivity index (χ3v) is 2.59. The van der Waals surface area contributed by atoms with Gasteiger partial charge >= 0.3 is 5.97 Å². The number of hydrogen-bond acceptors (Lipinski definition) is 3. The van der Waals surface area contributed by atoms with E-state index in [1.807, 2.05) is 26.8 Å². The molecular weight excluding hydrogens is 220 g/mol. The van der Waals surface area contributed by atoms with Crippen molar-refractivity contribution in [1.29, 1.82) is 0 Å². The lowest BCUT2D eigenvalue weighted by Gasteiger charge is -2.15. The molecule has 0 saturated heterocycles. The Kier molecular flexibility index (Phi) is 4.52. The average Bonchev–Trinajstić information content (AvgIpc) is 2.22. The molecule has 1 unspecified atom stereocenters. The van der Waals surface area contributed by atoms with Crippen LogP contribution in [0.5, 0.6) is 5.75 Å². The first kappa shape index (κ1) is 13.5. The van der Waals surface area contributed by atoms with E-state index in [2.05, 4.69) is 0 Å². The largest absolute Gasteiger partial charge is 0.494 e. The molecule has 4 nitrogen and oxygen atoms in total. The number of aliphatic hydroxyl groups excluding tert-OH is 1. The Hall–Kier alpha value is -1.55. The first-order valence-corrected chi connectivity index (χ1v) is 5.59. The van der Waals surface area contributed by atoms with E-state index in [1.54, 1.807) is 6.07 Å². The van der Waals surface area contributed by atoms with Crippen LogP contribution in [0.3, 0.4) is 0 Å². The predicted octanol–water partition coefficient (Wildman–Crippen LogP) is 2.21. The van der Waals surface area contributed by atoms with Crippen LogP contribution in [0.15, 0.2) is 12.1 Å². The summed E-state index contributed by atoms with van der Waals surface area (Å²) in [5, 5.41) is 18.5. The summed E-state index contributed by atoms with van der Waals surface area (Å²) in [5.74, 6) is -0.236. The number of benzene rings is 1. The lowest BCUT2D eigenvalue weighted by atomic mass is 9.98. The van der Waals surface area contributed by atoms with E-state index in [0.29, 0.717) is 12.2 Å². The number of carbonyl (C=O) groups is 1. The number of hydrogen-bond donors (Lipinski definition) is 2. The Bertz CT molecular complexity index is 412. The SMILES string of the molecule is CCOc1cc(C)c(C(O)CC(=O)O)cc1C. The summed E-state index contributed by atoms with van der Waals surface area (Å²) in [6.07, 6.45) is -1.25. The van der Waals surface area contributed by atoms with Crippen LogP contribution in [0.25, 0.3) is 0 Å². The smallest absolute Gasteiger partial charge is 0.306 e. The highest BCUT2D eigenvalue weighted by Crippen LogP contribution is 2.28. The zero-order chi connectivity index (χ0) is 13.0. The molecule has 1 aromatic rings. The summed E-state index contributed by atoms with van der Waals surface area (Å²) in [5.41, 5.74) is 2.39. The van der Waals surface area contributed by atoms with Gasteiger partial charge in [0.15, 0.2) is 0 Å². The first-order chi connectivity index (χ1) is 7.95. The van der Waals surface area contributed by atoms with Crippen molar-refractivity contribution in [2.45, 2.75) is 33.3 Å². The maximum Gasteiger partial charge on any atom is 0.306 e. The average molecular weight is 238 g/mol. The van der Waals surface area contributed by atoms with E-state index in [-0.39, 0.29) is 6.42 Å². The Labute approximate surface area is 101 Å². The highest BCUT2D eigenvalue weighted by molar-refractivity contribution is 5.67. The van der Waals surface area contributed by atoms with Gasteiger partial charge in [-0.05, 0) is 49.6 Å². The molecule has 0 aliphatic heterocycles. The molecule has 0 radical (unpaired) electrons. The number of carboxylic acid groups (broad SMARTS) is 1. The van der Waals surface area contributed by atoms with Gasteiger partial charge in [0.2, 0.25) is 0 Å². The van der Waals surface area contributed by atoms with Gasteiger partial charge in [-0.25, -0.2) is 0 Å². The lowest BCUT2D eigenvalue weighted by Crippen LogP contribution is -2.08. The molecule has 94 valence electrons. The minimum Gasteiger partial charge on any atom is -0.494 e. The Balaban J connectivity index is 3.02. The summed E-state index contributed by atoms with van der Waals surface area (Å²) >= 11 is 0. The number of aliphatic carboxylic acids is 1. The van der Waals surface area contributed by atoms with Crippen LogP contribution in [-0.4, -0.2) is 22.8 Å². The standard InChI is InChI=1S/C13H18O4/c1-4-17-12-6-8(2)10(5-9(12)3)11(14)7-13(15)16/h5-6,11,14H,4,7H2,1-3H3,(H,15,16). The summed E-state index contributed by atoms with van der Waals surface area (Å²) in [6, 6.07) is 3.62. The molecule has 4 heteroatoms. The quantitative estimate of drug-likeness (QED) is 0.825. The van der Waals surface area contributed by atoms with Crippen molar-refractivity contribution in [3.05, 3.63) is 28.8 Å². The number of aryl methyl sites for hydroxylation is 2. The molecule has 1 atom stereocenters. The Morgan fingerprint density at radius 1 is 1.35 bits per heavy atom. The molecule has 17 heavy (non-hydrogen) atoms. The number of carboxylic acids is 1. The van der Waals surface area contributed by atoms with Gasteiger partial charge in [0, 0.05) is 0 Å². The van der Waals surface area contributed by atoms with Gasteiger partial charge in [-0.3, -0.25) is 4.79 Å². The monoisotopic (exact) mass is 238 g/mol. The predicted molar refractivity (Wildman–Crippen MR) is 64.3 cm³/mol. The first-order valence-electron chi connectivity index (χ1n) is 5.59. The molecular formula is C13H18O4. The van der Waals surface area contributed by atoms with E-state index < -0.39 is 12.1 Å². The lowest BCUT2D eigenvalue weighted by molar-refractivity contribution is -0.139. The molecule has 1 rings (SSSR count). The second kappa shape index (κ2) is 5.68. The van der Waals surface area contributed by atoms with Crippen molar-refractivity contribution in [3.8, 4) is 5.75 Å². The fourth-order valence-corrected chi connectivity index (χ4v) is 1.76. The minimum absolute atomic E-state index is 0.283. The van der Waals surface area contributed by atoms with Gasteiger partial charge in [-0.15, -0.1) is 0 Å². The molecule has 0 aliphatic rings. The van der Waals surface area contributed by atoms with Crippen molar-refractivity contribution >= 4 is 5.97 Å².